The van der Waals surface area contributed by atoms with Crippen molar-refractivity contribution in [1.82, 2.24) is 29.7 Å². The van der Waals surface area contributed by atoms with Crippen LogP contribution in [0.2, 0.25) is 0 Å². The van der Waals surface area contributed by atoms with Crippen LogP contribution in [0.5, 0.6) is 5.88 Å². The average Bonchev–Trinajstić information content (AvgIpc) is 3.29. The van der Waals surface area contributed by atoms with Crippen LogP contribution in [0.1, 0.15) is 44.3 Å². The first-order valence-corrected chi connectivity index (χ1v) is 13.6. The molecule has 38 heavy (non-hydrogen) atoms. The molecule has 2 unspecified atom stereocenters. The van der Waals surface area contributed by atoms with Crippen LogP contribution in [0, 0.1) is 6.92 Å². The maximum Gasteiger partial charge on any atom is 0.240 e. The van der Waals surface area contributed by atoms with Gasteiger partial charge in [-0.3, -0.25) is 19.3 Å². The monoisotopic (exact) mass is 549 g/mol. The fraction of sp³-hybridized carbons (Fsp3) is 0.542. The minimum absolute atomic E-state index is 0.0196. The molecule has 13 nitrogen and oxygen atoms in total. The first-order chi connectivity index (χ1) is 18.1. The van der Waals surface area contributed by atoms with Crippen LogP contribution >= 0.6 is 0 Å². The molecule has 0 saturated heterocycles. The average molecular weight is 550 g/mol. The van der Waals surface area contributed by atoms with Crippen molar-refractivity contribution in [2.24, 2.45) is 0 Å². The van der Waals surface area contributed by atoms with Gasteiger partial charge in [0.1, 0.15) is 17.0 Å². The van der Waals surface area contributed by atoms with E-state index in [-0.39, 0.29) is 25.3 Å². The Morgan fingerprint density at radius 1 is 1.00 bits per heavy atom. The summed E-state index contributed by atoms with van der Waals surface area (Å²) in [5.41, 5.74) is 1.55. The van der Waals surface area contributed by atoms with Crippen LogP contribution in [0.3, 0.4) is 0 Å². The number of aromatic nitrogens is 6. The summed E-state index contributed by atoms with van der Waals surface area (Å²) >= 11 is 0. The molecule has 2 atom stereocenters. The fourth-order valence-corrected chi connectivity index (χ4v) is 4.87. The topological polar surface area (TPSA) is 152 Å². The Kier molecular flexibility index (Phi) is 10.1. The summed E-state index contributed by atoms with van der Waals surface area (Å²) in [6.45, 7) is 7.40. The van der Waals surface area contributed by atoms with Gasteiger partial charge in [0.15, 0.2) is 5.82 Å². The van der Waals surface area contributed by atoms with Gasteiger partial charge in [0.25, 0.3) is 0 Å². The normalized spacial score (nSPS) is 13.6. The van der Waals surface area contributed by atoms with Crippen molar-refractivity contribution < 1.29 is 27.4 Å². The van der Waals surface area contributed by atoms with E-state index in [2.05, 4.69) is 29.9 Å². The molecule has 0 saturated carbocycles. The summed E-state index contributed by atoms with van der Waals surface area (Å²) in [4.78, 5) is 13.1. The Morgan fingerprint density at radius 3 is 2.29 bits per heavy atom. The summed E-state index contributed by atoms with van der Waals surface area (Å²) < 4.78 is 53.6. The molecule has 0 bridgehead atoms. The minimum atomic E-state index is -4.08. The second-order valence-electron chi connectivity index (χ2n) is 8.89. The number of pyridine rings is 1. The predicted molar refractivity (Wildman–Crippen MR) is 140 cm³/mol. The molecule has 3 rings (SSSR count). The third-order valence-corrected chi connectivity index (χ3v) is 7.29. The number of anilines is 1. The molecule has 3 heterocycles. The van der Waals surface area contributed by atoms with E-state index >= 15 is 0 Å². The summed E-state index contributed by atoms with van der Waals surface area (Å²) in [6, 6.07) is 4.70. The lowest BCUT2D eigenvalue weighted by Gasteiger charge is -2.26. The standard InChI is InChI=1S/C24H35N7O6S/c1-15(2)37-22(20-12-25-16(3)11-26-20)17(4)38(32,33)30-24-29-28-23(19-9-8-10-21(27-19)36-7)31(24)18(13-34-5)14-35-6/h8-12,15,17-18,22H,13-14H2,1-7H3,(H,29,30). The van der Waals surface area contributed by atoms with Crippen LogP contribution < -0.4 is 9.46 Å². The SMILES string of the molecule is COCC(COC)n1c(NS(=O)(=O)C(C)C(OC(C)C)c2cnc(C)cn2)nnc1-c1cccc(OC)n1. The van der Waals surface area contributed by atoms with E-state index in [1.165, 1.54) is 13.3 Å². The Balaban J connectivity index is 2.05. The first-order valence-electron chi connectivity index (χ1n) is 12.0. The molecule has 1 N–H and O–H groups in total. The molecule has 0 aliphatic heterocycles. The van der Waals surface area contributed by atoms with Crippen LogP contribution in [0.15, 0.2) is 30.6 Å². The Bertz CT molecular complexity index is 1280. The smallest absolute Gasteiger partial charge is 0.240 e. The Labute approximate surface area is 223 Å². The lowest BCUT2D eigenvalue weighted by Crippen LogP contribution is -2.35. The largest absolute Gasteiger partial charge is 0.481 e. The highest BCUT2D eigenvalue weighted by molar-refractivity contribution is 7.93. The quantitative estimate of drug-likeness (QED) is 0.316. The van der Waals surface area contributed by atoms with Crippen molar-refractivity contribution in [2.75, 3.05) is 39.3 Å². The molecule has 0 spiro atoms. The van der Waals surface area contributed by atoms with Gasteiger partial charge in [-0.25, -0.2) is 13.4 Å². The number of sulfonamides is 1. The number of hydrogen-bond acceptors (Lipinski definition) is 11. The van der Waals surface area contributed by atoms with Crippen LogP contribution in [-0.4, -0.2) is 84.0 Å². The first kappa shape index (κ1) is 29.4. The highest BCUT2D eigenvalue weighted by Gasteiger charge is 2.35. The number of methoxy groups -OCH3 is 3. The van der Waals surface area contributed by atoms with Gasteiger partial charge in [-0.15, -0.1) is 10.2 Å². The van der Waals surface area contributed by atoms with E-state index in [9.17, 15) is 8.42 Å². The molecule has 0 aliphatic carbocycles. The maximum atomic E-state index is 13.7. The molecule has 3 aromatic rings. The summed E-state index contributed by atoms with van der Waals surface area (Å²) in [7, 11) is 0.509. The van der Waals surface area contributed by atoms with Crippen LogP contribution in [0.25, 0.3) is 11.5 Å². The van der Waals surface area contributed by atoms with Gasteiger partial charge in [-0.2, -0.15) is 0 Å². The molecular weight excluding hydrogens is 514 g/mol. The van der Waals surface area contributed by atoms with Gasteiger partial charge in [-0.05, 0) is 33.8 Å². The summed E-state index contributed by atoms with van der Waals surface area (Å²) in [5.74, 6) is 0.664. The maximum absolute atomic E-state index is 13.7. The molecule has 3 aromatic heterocycles. The zero-order chi connectivity index (χ0) is 27.9. The van der Waals surface area contributed by atoms with E-state index in [0.29, 0.717) is 28.8 Å². The summed E-state index contributed by atoms with van der Waals surface area (Å²) in [6.07, 6.45) is 1.95. The van der Waals surface area contributed by atoms with Gasteiger partial charge in [0, 0.05) is 26.5 Å². The number of nitrogens with zero attached hydrogens (tertiary/aromatic N) is 6. The molecule has 0 fully saturated rings. The third-order valence-electron chi connectivity index (χ3n) is 5.60. The number of ether oxygens (including phenoxy) is 4. The van der Waals surface area contributed by atoms with E-state index in [4.69, 9.17) is 18.9 Å². The lowest BCUT2D eigenvalue weighted by atomic mass is 10.2. The van der Waals surface area contributed by atoms with Gasteiger partial charge in [0.2, 0.25) is 21.9 Å². The Morgan fingerprint density at radius 2 is 1.71 bits per heavy atom. The van der Waals surface area contributed by atoms with E-state index in [1.807, 2.05) is 13.8 Å². The molecular formula is C24H35N7O6S. The number of hydrogen-bond donors (Lipinski definition) is 1. The van der Waals surface area contributed by atoms with Crippen molar-refractivity contribution in [3.63, 3.8) is 0 Å². The summed E-state index contributed by atoms with van der Waals surface area (Å²) in [5, 5.41) is 7.36. The zero-order valence-corrected chi connectivity index (χ0v) is 23.5. The van der Waals surface area contributed by atoms with Gasteiger partial charge < -0.3 is 18.9 Å². The van der Waals surface area contributed by atoms with Crippen molar-refractivity contribution >= 4 is 16.0 Å². The van der Waals surface area contributed by atoms with E-state index in [0.717, 1.165) is 0 Å². The molecule has 14 heteroatoms. The van der Waals surface area contributed by atoms with Crippen molar-refractivity contribution in [1.29, 1.82) is 0 Å². The molecule has 0 amide bonds. The molecule has 0 aliphatic rings. The van der Waals surface area contributed by atoms with Crippen molar-refractivity contribution in [3.05, 3.63) is 42.0 Å². The number of rotatable bonds is 14. The minimum Gasteiger partial charge on any atom is -0.481 e. The van der Waals surface area contributed by atoms with Crippen molar-refractivity contribution in [3.8, 4) is 17.4 Å². The van der Waals surface area contributed by atoms with Crippen molar-refractivity contribution in [2.45, 2.75) is 51.2 Å². The number of aryl methyl sites for hydroxylation is 1. The molecule has 0 aromatic carbocycles. The third kappa shape index (κ3) is 7.01. The molecule has 0 radical (unpaired) electrons. The Hall–Kier alpha value is -3.20. The zero-order valence-electron chi connectivity index (χ0n) is 22.7. The van der Waals surface area contributed by atoms with Gasteiger partial charge in [0.05, 0.1) is 50.1 Å². The predicted octanol–water partition coefficient (Wildman–Crippen LogP) is 2.58. The second kappa shape index (κ2) is 13.0. The van der Waals surface area contributed by atoms with Gasteiger partial charge in [-0.1, -0.05) is 6.07 Å². The molecule has 208 valence electrons. The van der Waals surface area contributed by atoms with Crippen LogP contribution in [-0.2, 0) is 24.2 Å². The fourth-order valence-electron chi connectivity index (χ4n) is 3.76. The van der Waals surface area contributed by atoms with E-state index in [1.54, 1.807) is 57.0 Å². The van der Waals surface area contributed by atoms with E-state index < -0.39 is 27.4 Å². The van der Waals surface area contributed by atoms with Gasteiger partial charge >= 0.3 is 0 Å². The van der Waals surface area contributed by atoms with Crippen LogP contribution in [0.4, 0.5) is 5.95 Å². The second-order valence-corrected chi connectivity index (χ2v) is 10.9. The lowest BCUT2D eigenvalue weighted by molar-refractivity contribution is 0.00394. The highest BCUT2D eigenvalue weighted by Crippen LogP contribution is 2.30. The number of nitrogens with one attached hydrogen (secondary N) is 1. The highest BCUT2D eigenvalue weighted by atomic mass is 32.2.